The van der Waals surface area contributed by atoms with Gasteiger partial charge in [0.25, 0.3) is 0 Å². The molecule has 2 rings (SSSR count). The fourth-order valence-corrected chi connectivity index (χ4v) is 1.75. The summed E-state index contributed by atoms with van der Waals surface area (Å²) in [5.74, 6) is 0.0933. The molecule has 1 aromatic rings. The Hall–Kier alpha value is -1.55. The summed E-state index contributed by atoms with van der Waals surface area (Å²) in [6.07, 6.45) is 0. The zero-order valence-electron chi connectivity index (χ0n) is 8.57. The highest BCUT2D eigenvalue weighted by Crippen LogP contribution is 2.13. The third-order valence-corrected chi connectivity index (χ3v) is 2.57. The van der Waals surface area contributed by atoms with Gasteiger partial charge in [-0.25, -0.2) is 0 Å². The number of carbonyl (C=O) groups excluding carboxylic acids is 1. The standard InChI is InChI=1S/C11H15N3O/c12-10-4-2-1-3-9(10)7-14-6-5-13-11(15)8-14/h1-4H,5-8,12H2,(H,13,15). The molecule has 0 aromatic heterocycles. The average Bonchev–Trinajstić information content (AvgIpc) is 2.22. The third-order valence-electron chi connectivity index (χ3n) is 2.57. The molecule has 1 amide bonds. The van der Waals surface area contributed by atoms with Crippen LogP contribution in [0, 0.1) is 0 Å². The number of nitrogens with two attached hydrogens (primary N) is 1. The summed E-state index contributed by atoms with van der Waals surface area (Å²) in [5, 5.41) is 2.80. The summed E-state index contributed by atoms with van der Waals surface area (Å²) in [4.78, 5) is 13.3. The molecule has 0 unspecified atom stereocenters. The van der Waals surface area contributed by atoms with Crippen LogP contribution in [0.4, 0.5) is 5.69 Å². The number of nitrogen functional groups attached to an aromatic ring is 1. The number of piperazine rings is 1. The second-order valence-electron chi connectivity index (χ2n) is 3.76. The van der Waals surface area contributed by atoms with Crippen LogP contribution in [0.15, 0.2) is 24.3 Å². The first-order chi connectivity index (χ1) is 7.25. The molecule has 1 heterocycles. The Kier molecular flexibility index (Phi) is 2.87. The van der Waals surface area contributed by atoms with Gasteiger partial charge in [-0.2, -0.15) is 0 Å². The van der Waals surface area contributed by atoms with Crippen molar-refractivity contribution in [3.63, 3.8) is 0 Å². The minimum atomic E-state index is 0.0933. The maximum absolute atomic E-state index is 11.2. The molecule has 1 aliphatic heterocycles. The molecule has 0 saturated carbocycles. The molecule has 1 aromatic carbocycles. The van der Waals surface area contributed by atoms with E-state index in [0.717, 1.165) is 30.9 Å². The van der Waals surface area contributed by atoms with Gasteiger partial charge in [-0.15, -0.1) is 0 Å². The number of anilines is 1. The van der Waals surface area contributed by atoms with Crippen molar-refractivity contribution in [2.75, 3.05) is 25.4 Å². The number of hydrogen-bond donors (Lipinski definition) is 2. The van der Waals surface area contributed by atoms with Gasteiger partial charge in [-0.1, -0.05) is 18.2 Å². The summed E-state index contributed by atoms with van der Waals surface area (Å²) in [7, 11) is 0. The summed E-state index contributed by atoms with van der Waals surface area (Å²) >= 11 is 0. The van der Waals surface area contributed by atoms with Crippen molar-refractivity contribution in [1.82, 2.24) is 10.2 Å². The molecular weight excluding hydrogens is 190 g/mol. The smallest absolute Gasteiger partial charge is 0.234 e. The van der Waals surface area contributed by atoms with Crippen LogP contribution in [0.1, 0.15) is 5.56 Å². The first-order valence-electron chi connectivity index (χ1n) is 5.08. The van der Waals surface area contributed by atoms with Crippen molar-refractivity contribution < 1.29 is 4.79 Å². The summed E-state index contributed by atoms with van der Waals surface area (Å²) in [5.41, 5.74) is 7.73. The lowest BCUT2D eigenvalue weighted by atomic mass is 10.1. The predicted octanol–water partition coefficient (Wildman–Crippen LogP) is 0.201. The van der Waals surface area contributed by atoms with Crippen LogP contribution in [-0.4, -0.2) is 30.4 Å². The van der Waals surface area contributed by atoms with Crippen molar-refractivity contribution in [2.24, 2.45) is 0 Å². The van der Waals surface area contributed by atoms with Crippen molar-refractivity contribution in [3.8, 4) is 0 Å². The van der Waals surface area contributed by atoms with Gasteiger partial charge in [0.1, 0.15) is 0 Å². The zero-order chi connectivity index (χ0) is 10.7. The highest BCUT2D eigenvalue weighted by atomic mass is 16.2. The van der Waals surface area contributed by atoms with E-state index in [1.54, 1.807) is 0 Å². The van der Waals surface area contributed by atoms with Crippen molar-refractivity contribution in [2.45, 2.75) is 6.54 Å². The fraction of sp³-hybridized carbons (Fsp3) is 0.364. The van der Waals surface area contributed by atoms with Gasteiger partial charge < -0.3 is 11.1 Å². The van der Waals surface area contributed by atoms with Crippen LogP contribution in [0.3, 0.4) is 0 Å². The van der Waals surface area contributed by atoms with Crippen LogP contribution < -0.4 is 11.1 Å². The van der Waals surface area contributed by atoms with Crippen molar-refractivity contribution >= 4 is 11.6 Å². The summed E-state index contributed by atoms with van der Waals surface area (Å²) in [6, 6.07) is 7.78. The highest BCUT2D eigenvalue weighted by molar-refractivity contribution is 5.78. The monoisotopic (exact) mass is 205 g/mol. The molecule has 4 heteroatoms. The molecule has 4 nitrogen and oxygen atoms in total. The second kappa shape index (κ2) is 4.31. The van der Waals surface area contributed by atoms with Gasteiger partial charge in [0.2, 0.25) is 5.91 Å². The maximum atomic E-state index is 11.2. The lowest BCUT2D eigenvalue weighted by Crippen LogP contribution is -2.47. The molecular formula is C11H15N3O. The fourth-order valence-electron chi connectivity index (χ4n) is 1.75. The van der Waals surface area contributed by atoms with Crippen molar-refractivity contribution in [3.05, 3.63) is 29.8 Å². The van der Waals surface area contributed by atoms with Gasteiger partial charge in [0.05, 0.1) is 6.54 Å². The zero-order valence-corrected chi connectivity index (χ0v) is 8.57. The SMILES string of the molecule is Nc1ccccc1CN1CCNC(=O)C1. The molecule has 15 heavy (non-hydrogen) atoms. The number of hydrogen-bond acceptors (Lipinski definition) is 3. The molecule has 0 aliphatic carbocycles. The first-order valence-corrected chi connectivity index (χ1v) is 5.08. The summed E-state index contributed by atoms with van der Waals surface area (Å²) < 4.78 is 0. The molecule has 0 bridgehead atoms. The minimum Gasteiger partial charge on any atom is -0.398 e. The van der Waals surface area contributed by atoms with E-state index in [9.17, 15) is 4.79 Å². The lowest BCUT2D eigenvalue weighted by molar-refractivity contribution is -0.124. The van der Waals surface area contributed by atoms with Gasteiger partial charge >= 0.3 is 0 Å². The quantitative estimate of drug-likeness (QED) is 0.678. The number of nitrogens with one attached hydrogen (secondary N) is 1. The average molecular weight is 205 g/mol. The summed E-state index contributed by atoms with van der Waals surface area (Å²) in [6.45, 7) is 2.83. The molecule has 0 radical (unpaired) electrons. The van der Waals surface area contributed by atoms with E-state index in [-0.39, 0.29) is 5.91 Å². The van der Waals surface area contributed by atoms with E-state index < -0.39 is 0 Å². The maximum Gasteiger partial charge on any atom is 0.234 e. The van der Waals surface area contributed by atoms with E-state index in [1.165, 1.54) is 0 Å². The van der Waals surface area contributed by atoms with Gasteiger partial charge in [-0.3, -0.25) is 9.69 Å². The predicted molar refractivity (Wildman–Crippen MR) is 59.1 cm³/mol. The van der Waals surface area contributed by atoms with E-state index in [1.807, 2.05) is 24.3 Å². The Morgan fingerprint density at radius 3 is 2.93 bits per heavy atom. The van der Waals surface area contributed by atoms with E-state index in [2.05, 4.69) is 10.2 Å². The Morgan fingerprint density at radius 1 is 1.40 bits per heavy atom. The minimum absolute atomic E-state index is 0.0933. The largest absolute Gasteiger partial charge is 0.398 e. The lowest BCUT2D eigenvalue weighted by Gasteiger charge is -2.26. The number of benzene rings is 1. The molecule has 3 N–H and O–H groups in total. The number of amides is 1. The van der Waals surface area contributed by atoms with Crippen LogP contribution in [0.25, 0.3) is 0 Å². The number of nitrogens with zero attached hydrogens (tertiary/aromatic N) is 1. The van der Waals surface area contributed by atoms with E-state index in [0.29, 0.717) is 6.54 Å². The topological polar surface area (TPSA) is 58.4 Å². The second-order valence-corrected chi connectivity index (χ2v) is 3.76. The van der Waals surface area contributed by atoms with Gasteiger partial charge in [0, 0.05) is 25.3 Å². The van der Waals surface area contributed by atoms with Crippen LogP contribution in [0.5, 0.6) is 0 Å². The highest BCUT2D eigenvalue weighted by Gasteiger charge is 2.16. The van der Waals surface area contributed by atoms with Crippen LogP contribution >= 0.6 is 0 Å². The molecule has 1 saturated heterocycles. The molecule has 1 aliphatic rings. The van der Waals surface area contributed by atoms with Gasteiger partial charge in [0.15, 0.2) is 0 Å². The van der Waals surface area contributed by atoms with Crippen LogP contribution in [0.2, 0.25) is 0 Å². The van der Waals surface area contributed by atoms with Crippen molar-refractivity contribution in [1.29, 1.82) is 0 Å². The van der Waals surface area contributed by atoms with E-state index in [4.69, 9.17) is 5.73 Å². The number of para-hydroxylation sites is 1. The number of rotatable bonds is 2. The van der Waals surface area contributed by atoms with E-state index >= 15 is 0 Å². The number of carbonyl (C=O) groups is 1. The molecule has 80 valence electrons. The van der Waals surface area contributed by atoms with Gasteiger partial charge in [-0.05, 0) is 11.6 Å². The molecule has 0 atom stereocenters. The Balaban J connectivity index is 2.02. The Bertz CT molecular complexity index is 365. The Morgan fingerprint density at radius 2 is 2.20 bits per heavy atom. The molecule has 0 spiro atoms. The third kappa shape index (κ3) is 2.47. The molecule has 1 fully saturated rings. The Labute approximate surface area is 89.1 Å². The normalized spacial score (nSPS) is 17.5. The first kappa shape index (κ1) is 9.98. The van der Waals surface area contributed by atoms with Crippen LogP contribution in [-0.2, 0) is 11.3 Å².